The Morgan fingerprint density at radius 1 is 1.56 bits per heavy atom. The van der Waals surface area contributed by atoms with Gasteiger partial charge in [-0.15, -0.1) is 18.3 Å². The van der Waals surface area contributed by atoms with Crippen molar-refractivity contribution in [1.82, 2.24) is 5.32 Å². The molecule has 0 heterocycles. The molecule has 0 bridgehead atoms. The number of carbonyl (C=O) groups is 1. The van der Waals surface area contributed by atoms with Gasteiger partial charge in [-0.05, 0) is 31.2 Å². The fraction of sp³-hybridized carbons (Fsp3) is 0.250. The number of amides is 1. The Kier molecular flexibility index (Phi) is 4.92. The zero-order chi connectivity index (χ0) is 12.0. The maximum atomic E-state index is 11.5. The maximum Gasteiger partial charge on any atom is 0.233 e. The molecule has 86 valence electrons. The van der Waals surface area contributed by atoms with Crippen molar-refractivity contribution in [2.24, 2.45) is 0 Å². The SMILES string of the molecule is C=CCNC(=O)C(C)Sc1ccc(O)cc1. The Labute approximate surface area is 99.6 Å². The van der Waals surface area contributed by atoms with E-state index >= 15 is 0 Å². The average molecular weight is 237 g/mol. The minimum absolute atomic E-state index is 0.0158. The van der Waals surface area contributed by atoms with Crippen molar-refractivity contribution in [2.45, 2.75) is 17.1 Å². The molecule has 3 nitrogen and oxygen atoms in total. The molecule has 0 saturated heterocycles. The molecule has 0 aliphatic rings. The van der Waals surface area contributed by atoms with E-state index in [1.54, 1.807) is 30.3 Å². The number of phenols is 1. The van der Waals surface area contributed by atoms with Crippen LogP contribution in [0.5, 0.6) is 5.75 Å². The Morgan fingerprint density at radius 2 is 2.19 bits per heavy atom. The average Bonchev–Trinajstić information content (AvgIpc) is 2.29. The van der Waals surface area contributed by atoms with E-state index in [9.17, 15) is 4.79 Å². The van der Waals surface area contributed by atoms with Gasteiger partial charge in [0.05, 0.1) is 5.25 Å². The van der Waals surface area contributed by atoms with Gasteiger partial charge in [-0.25, -0.2) is 0 Å². The van der Waals surface area contributed by atoms with Crippen molar-refractivity contribution < 1.29 is 9.90 Å². The van der Waals surface area contributed by atoms with E-state index in [-0.39, 0.29) is 16.9 Å². The first kappa shape index (κ1) is 12.6. The van der Waals surface area contributed by atoms with E-state index in [1.807, 2.05) is 6.92 Å². The summed E-state index contributed by atoms with van der Waals surface area (Å²) in [5.74, 6) is 0.214. The monoisotopic (exact) mass is 237 g/mol. The van der Waals surface area contributed by atoms with Crippen molar-refractivity contribution >= 4 is 17.7 Å². The lowest BCUT2D eigenvalue weighted by atomic mass is 10.3. The molecule has 1 amide bonds. The highest BCUT2D eigenvalue weighted by Crippen LogP contribution is 2.24. The second-order valence-corrected chi connectivity index (χ2v) is 4.70. The van der Waals surface area contributed by atoms with E-state index in [0.29, 0.717) is 6.54 Å². The molecule has 1 aromatic carbocycles. The lowest BCUT2D eigenvalue weighted by Gasteiger charge is -2.10. The lowest BCUT2D eigenvalue weighted by molar-refractivity contribution is -0.120. The van der Waals surface area contributed by atoms with E-state index in [1.165, 1.54) is 11.8 Å². The van der Waals surface area contributed by atoms with E-state index in [4.69, 9.17) is 5.11 Å². The normalized spacial score (nSPS) is 11.8. The van der Waals surface area contributed by atoms with Crippen LogP contribution < -0.4 is 5.32 Å². The molecule has 0 saturated carbocycles. The Morgan fingerprint density at radius 3 is 2.75 bits per heavy atom. The second kappa shape index (κ2) is 6.23. The molecule has 0 radical (unpaired) electrons. The zero-order valence-corrected chi connectivity index (χ0v) is 9.96. The van der Waals surface area contributed by atoms with Crippen LogP contribution in [-0.2, 0) is 4.79 Å². The summed E-state index contributed by atoms with van der Waals surface area (Å²) in [4.78, 5) is 12.5. The maximum absolute atomic E-state index is 11.5. The van der Waals surface area contributed by atoms with Gasteiger partial charge in [0.25, 0.3) is 0 Å². The number of rotatable bonds is 5. The summed E-state index contributed by atoms with van der Waals surface area (Å²) in [7, 11) is 0. The number of benzene rings is 1. The highest BCUT2D eigenvalue weighted by atomic mass is 32.2. The quantitative estimate of drug-likeness (QED) is 0.609. The molecule has 0 aliphatic carbocycles. The molecule has 0 fully saturated rings. The number of nitrogens with one attached hydrogen (secondary N) is 1. The Bertz CT molecular complexity index is 362. The first-order chi connectivity index (χ1) is 7.63. The first-order valence-corrected chi connectivity index (χ1v) is 5.85. The van der Waals surface area contributed by atoms with Gasteiger partial charge < -0.3 is 10.4 Å². The Hall–Kier alpha value is -1.42. The van der Waals surface area contributed by atoms with Crippen molar-refractivity contribution in [2.75, 3.05) is 6.54 Å². The highest BCUT2D eigenvalue weighted by Gasteiger charge is 2.12. The van der Waals surface area contributed by atoms with Crippen LogP contribution in [-0.4, -0.2) is 22.8 Å². The van der Waals surface area contributed by atoms with Crippen LogP contribution in [0.2, 0.25) is 0 Å². The lowest BCUT2D eigenvalue weighted by Crippen LogP contribution is -2.30. The van der Waals surface area contributed by atoms with Gasteiger partial charge in [0.2, 0.25) is 5.91 Å². The van der Waals surface area contributed by atoms with E-state index in [0.717, 1.165) is 4.90 Å². The third-order valence-corrected chi connectivity index (χ3v) is 3.05. The molecule has 2 N–H and O–H groups in total. The summed E-state index contributed by atoms with van der Waals surface area (Å²) in [6.07, 6.45) is 1.65. The van der Waals surface area contributed by atoms with Gasteiger partial charge >= 0.3 is 0 Å². The fourth-order valence-corrected chi connectivity index (χ4v) is 1.99. The fourth-order valence-electron chi connectivity index (χ4n) is 1.10. The number of carbonyl (C=O) groups excluding carboxylic acids is 1. The summed E-state index contributed by atoms with van der Waals surface area (Å²) >= 11 is 1.45. The third kappa shape index (κ3) is 3.98. The van der Waals surface area contributed by atoms with Crippen LogP contribution in [0.1, 0.15) is 6.92 Å². The van der Waals surface area contributed by atoms with Gasteiger partial charge in [0.1, 0.15) is 5.75 Å². The predicted molar refractivity (Wildman–Crippen MR) is 66.6 cm³/mol. The molecule has 16 heavy (non-hydrogen) atoms. The number of phenolic OH excluding ortho intramolecular Hbond substituents is 1. The molecule has 0 aliphatic heterocycles. The summed E-state index contributed by atoms with van der Waals surface area (Å²) in [5, 5.41) is 11.7. The number of aromatic hydroxyl groups is 1. The molecule has 0 aromatic heterocycles. The smallest absolute Gasteiger partial charge is 0.233 e. The summed E-state index contributed by atoms with van der Waals surface area (Å²) in [6, 6.07) is 6.79. The molecular weight excluding hydrogens is 222 g/mol. The van der Waals surface area contributed by atoms with Gasteiger partial charge in [0, 0.05) is 11.4 Å². The minimum atomic E-state index is -0.163. The largest absolute Gasteiger partial charge is 0.508 e. The second-order valence-electron chi connectivity index (χ2n) is 3.29. The number of thioether (sulfide) groups is 1. The molecule has 1 unspecified atom stereocenters. The van der Waals surface area contributed by atoms with Gasteiger partial charge in [-0.3, -0.25) is 4.79 Å². The molecular formula is C12H15NO2S. The van der Waals surface area contributed by atoms with Crippen LogP contribution >= 0.6 is 11.8 Å². The van der Waals surface area contributed by atoms with Crippen LogP contribution in [0.15, 0.2) is 41.8 Å². The number of hydrogen-bond donors (Lipinski definition) is 2. The van der Waals surface area contributed by atoms with Gasteiger partial charge in [-0.2, -0.15) is 0 Å². The van der Waals surface area contributed by atoms with Gasteiger partial charge in [-0.1, -0.05) is 6.08 Å². The topological polar surface area (TPSA) is 49.3 Å². The minimum Gasteiger partial charge on any atom is -0.508 e. The third-order valence-electron chi connectivity index (χ3n) is 1.94. The molecule has 0 spiro atoms. The molecule has 1 atom stereocenters. The molecule has 1 rings (SSSR count). The molecule has 1 aromatic rings. The summed E-state index contributed by atoms with van der Waals surface area (Å²) in [6.45, 7) is 5.86. The number of hydrogen-bond acceptors (Lipinski definition) is 3. The van der Waals surface area contributed by atoms with Crippen LogP contribution in [0.3, 0.4) is 0 Å². The highest BCUT2D eigenvalue weighted by molar-refractivity contribution is 8.00. The van der Waals surface area contributed by atoms with Crippen LogP contribution in [0.4, 0.5) is 0 Å². The Balaban J connectivity index is 2.50. The summed E-state index contributed by atoms with van der Waals surface area (Å²) < 4.78 is 0. The van der Waals surface area contributed by atoms with Crippen LogP contribution in [0, 0.1) is 0 Å². The zero-order valence-electron chi connectivity index (χ0n) is 9.14. The molecule has 4 heteroatoms. The van der Waals surface area contributed by atoms with Crippen molar-refractivity contribution in [3.8, 4) is 5.75 Å². The van der Waals surface area contributed by atoms with E-state index in [2.05, 4.69) is 11.9 Å². The van der Waals surface area contributed by atoms with E-state index < -0.39 is 0 Å². The van der Waals surface area contributed by atoms with Crippen LogP contribution in [0.25, 0.3) is 0 Å². The first-order valence-electron chi connectivity index (χ1n) is 4.97. The summed E-state index contributed by atoms with van der Waals surface area (Å²) in [5.41, 5.74) is 0. The van der Waals surface area contributed by atoms with Crippen molar-refractivity contribution in [1.29, 1.82) is 0 Å². The van der Waals surface area contributed by atoms with Gasteiger partial charge in [0.15, 0.2) is 0 Å². The van der Waals surface area contributed by atoms with Crippen molar-refractivity contribution in [3.63, 3.8) is 0 Å². The van der Waals surface area contributed by atoms with Crippen molar-refractivity contribution in [3.05, 3.63) is 36.9 Å². The standard InChI is InChI=1S/C12H15NO2S/c1-3-8-13-12(15)9(2)16-11-6-4-10(14)5-7-11/h3-7,9,14H,1,8H2,2H3,(H,13,15). The predicted octanol–water partition coefficient (Wildman–Crippen LogP) is 2.17.